The molecule has 1 aliphatic rings. The molecule has 0 spiro atoms. The molecule has 0 fully saturated rings. The van der Waals surface area contributed by atoms with Crippen LogP contribution in [0.15, 0.2) is 47.5 Å². The van der Waals surface area contributed by atoms with Crippen LogP contribution in [0.5, 0.6) is 11.5 Å². The number of fused-ring (bicyclic) bond motifs is 1. The minimum absolute atomic E-state index is 0. The minimum Gasteiger partial charge on any atom is -0.454 e. The van der Waals surface area contributed by atoms with Crippen molar-refractivity contribution in [1.29, 1.82) is 0 Å². The van der Waals surface area contributed by atoms with Crippen molar-refractivity contribution < 1.29 is 9.47 Å². The van der Waals surface area contributed by atoms with E-state index in [-0.39, 0.29) is 24.0 Å². The molecule has 6 nitrogen and oxygen atoms in total. The standard InChI is InChI=1S/C22H30N4O2.HI/c1-4-23-22(25-14-18-7-5-6-8-19(18)15-26(2)3)24-12-11-17-9-10-20-21(13-17)28-16-27-20;/h5-10,13H,4,11-12,14-16H2,1-3H3,(H2,23,24,25);1H. The van der Waals surface area contributed by atoms with E-state index >= 15 is 0 Å². The summed E-state index contributed by atoms with van der Waals surface area (Å²) in [5.74, 6) is 2.49. The van der Waals surface area contributed by atoms with Crippen molar-refractivity contribution in [3.63, 3.8) is 0 Å². The Labute approximate surface area is 190 Å². The van der Waals surface area contributed by atoms with E-state index in [0.717, 1.165) is 43.5 Å². The van der Waals surface area contributed by atoms with Crippen LogP contribution in [0.4, 0.5) is 0 Å². The van der Waals surface area contributed by atoms with E-state index in [2.05, 4.69) is 66.9 Å². The molecule has 0 saturated heterocycles. The van der Waals surface area contributed by atoms with Gasteiger partial charge in [-0.3, -0.25) is 0 Å². The van der Waals surface area contributed by atoms with Gasteiger partial charge in [0.05, 0.1) is 6.54 Å². The largest absolute Gasteiger partial charge is 0.454 e. The summed E-state index contributed by atoms with van der Waals surface area (Å²) in [6, 6.07) is 14.6. The summed E-state index contributed by atoms with van der Waals surface area (Å²) in [5.41, 5.74) is 3.78. The Morgan fingerprint density at radius 1 is 1.03 bits per heavy atom. The number of hydrogen-bond acceptors (Lipinski definition) is 4. The zero-order valence-electron chi connectivity index (χ0n) is 17.4. The third-order valence-corrected chi connectivity index (χ3v) is 4.50. The second-order valence-corrected chi connectivity index (χ2v) is 7.07. The van der Waals surface area contributed by atoms with E-state index in [9.17, 15) is 0 Å². The van der Waals surface area contributed by atoms with Crippen molar-refractivity contribution >= 4 is 29.9 Å². The molecule has 2 aromatic rings. The van der Waals surface area contributed by atoms with Gasteiger partial charge in [-0.15, -0.1) is 24.0 Å². The maximum atomic E-state index is 5.45. The van der Waals surface area contributed by atoms with Gasteiger partial charge in [-0.2, -0.15) is 0 Å². The van der Waals surface area contributed by atoms with Crippen LogP contribution in [0.3, 0.4) is 0 Å². The Balaban J connectivity index is 0.00000300. The zero-order chi connectivity index (χ0) is 19.8. The number of nitrogens with zero attached hydrogens (tertiary/aromatic N) is 2. The van der Waals surface area contributed by atoms with Gasteiger partial charge in [0.25, 0.3) is 0 Å². The lowest BCUT2D eigenvalue weighted by Gasteiger charge is -2.14. The van der Waals surface area contributed by atoms with Crippen LogP contribution in [-0.4, -0.2) is 44.8 Å². The first kappa shape index (κ1) is 23.3. The molecule has 1 heterocycles. The van der Waals surface area contributed by atoms with E-state index in [0.29, 0.717) is 13.3 Å². The lowest BCUT2D eigenvalue weighted by Crippen LogP contribution is -2.38. The Kier molecular flexibility index (Phi) is 9.53. The smallest absolute Gasteiger partial charge is 0.231 e. The summed E-state index contributed by atoms with van der Waals surface area (Å²) in [6.45, 7) is 5.59. The predicted molar refractivity (Wildman–Crippen MR) is 128 cm³/mol. The minimum atomic E-state index is 0. The molecule has 0 unspecified atom stereocenters. The molecular weight excluding hydrogens is 479 g/mol. The quantitative estimate of drug-likeness (QED) is 0.324. The summed E-state index contributed by atoms with van der Waals surface area (Å²) in [4.78, 5) is 6.95. The fourth-order valence-electron chi connectivity index (χ4n) is 3.13. The van der Waals surface area contributed by atoms with Gasteiger partial charge in [0.2, 0.25) is 6.79 Å². The Morgan fingerprint density at radius 2 is 1.79 bits per heavy atom. The van der Waals surface area contributed by atoms with Crippen LogP contribution in [0.2, 0.25) is 0 Å². The van der Waals surface area contributed by atoms with Crippen molar-refractivity contribution in [1.82, 2.24) is 15.5 Å². The Bertz CT molecular complexity index is 811. The summed E-state index contributed by atoms with van der Waals surface area (Å²) in [6.07, 6.45) is 0.887. The van der Waals surface area contributed by atoms with Crippen LogP contribution in [0, 0.1) is 0 Å². The molecule has 0 aliphatic carbocycles. The Hall–Kier alpha value is -2.00. The predicted octanol–water partition coefficient (Wildman–Crippen LogP) is 3.39. The first-order valence-corrected chi connectivity index (χ1v) is 9.78. The molecule has 7 heteroatoms. The average Bonchev–Trinajstić information content (AvgIpc) is 3.14. The second-order valence-electron chi connectivity index (χ2n) is 7.07. The number of benzene rings is 2. The summed E-state index contributed by atoms with van der Waals surface area (Å²) < 4.78 is 10.8. The van der Waals surface area contributed by atoms with Crippen LogP contribution in [0.25, 0.3) is 0 Å². The topological polar surface area (TPSA) is 58.1 Å². The second kappa shape index (κ2) is 11.9. The highest BCUT2D eigenvalue weighted by atomic mass is 127. The molecule has 0 bridgehead atoms. The van der Waals surface area contributed by atoms with Crippen molar-refractivity contribution in [2.24, 2.45) is 4.99 Å². The number of hydrogen-bond donors (Lipinski definition) is 2. The zero-order valence-corrected chi connectivity index (χ0v) is 19.7. The highest BCUT2D eigenvalue weighted by Crippen LogP contribution is 2.32. The van der Waals surface area contributed by atoms with E-state index in [1.165, 1.54) is 16.7 Å². The number of aliphatic imine (C=N–C) groups is 1. The lowest BCUT2D eigenvalue weighted by molar-refractivity contribution is 0.174. The molecule has 1 aliphatic heterocycles. The molecule has 0 amide bonds. The molecular formula is C22H31IN4O2. The van der Waals surface area contributed by atoms with Crippen LogP contribution >= 0.6 is 24.0 Å². The van der Waals surface area contributed by atoms with Crippen molar-refractivity contribution in [3.8, 4) is 11.5 Å². The maximum Gasteiger partial charge on any atom is 0.231 e. The molecule has 0 radical (unpaired) electrons. The summed E-state index contributed by atoms with van der Waals surface area (Å²) in [5, 5.41) is 6.75. The highest BCUT2D eigenvalue weighted by molar-refractivity contribution is 14.0. The fourth-order valence-corrected chi connectivity index (χ4v) is 3.13. The molecule has 0 saturated carbocycles. The molecule has 0 atom stereocenters. The van der Waals surface area contributed by atoms with Crippen molar-refractivity contribution in [3.05, 3.63) is 59.2 Å². The molecule has 2 N–H and O–H groups in total. The van der Waals surface area contributed by atoms with Gasteiger partial charge in [-0.1, -0.05) is 30.3 Å². The van der Waals surface area contributed by atoms with Crippen molar-refractivity contribution in [2.45, 2.75) is 26.4 Å². The molecule has 29 heavy (non-hydrogen) atoms. The average molecular weight is 510 g/mol. The molecule has 3 rings (SSSR count). The lowest BCUT2D eigenvalue weighted by atomic mass is 10.1. The third kappa shape index (κ3) is 7.08. The number of ether oxygens (including phenoxy) is 2. The SMILES string of the molecule is CCNC(=NCc1ccccc1CN(C)C)NCCc1ccc2c(c1)OCO2.I. The van der Waals surface area contributed by atoms with Gasteiger partial charge in [0.1, 0.15) is 0 Å². The van der Waals surface area contributed by atoms with E-state index < -0.39 is 0 Å². The fraction of sp³-hybridized carbons (Fsp3) is 0.409. The van der Waals surface area contributed by atoms with Crippen molar-refractivity contribution in [2.75, 3.05) is 34.0 Å². The van der Waals surface area contributed by atoms with E-state index in [1.807, 2.05) is 12.1 Å². The summed E-state index contributed by atoms with van der Waals surface area (Å²) in [7, 11) is 4.17. The van der Waals surface area contributed by atoms with Gasteiger partial charge in [-0.25, -0.2) is 4.99 Å². The van der Waals surface area contributed by atoms with Crippen LogP contribution < -0.4 is 20.1 Å². The van der Waals surface area contributed by atoms with Gasteiger partial charge < -0.3 is 25.0 Å². The normalized spacial score (nSPS) is 12.6. The molecule has 158 valence electrons. The van der Waals surface area contributed by atoms with Gasteiger partial charge in [-0.05, 0) is 56.3 Å². The first-order chi connectivity index (χ1) is 13.7. The van der Waals surface area contributed by atoms with Gasteiger partial charge in [0.15, 0.2) is 17.5 Å². The number of rotatable bonds is 8. The number of guanidine groups is 1. The monoisotopic (exact) mass is 510 g/mol. The van der Waals surface area contributed by atoms with Crippen LogP contribution in [0.1, 0.15) is 23.6 Å². The number of halogens is 1. The Morgan fingerprint density at radius 3 is 2.55 bits per heavy atom. The van der Waals surface area contributed by atoms with Gasteiger partial charge in [0, 0.05) is 19.6 Å². The number of nitrogens with one attached hydrogen (secondary N) is 2. The molecule has 0 aromatic heterocycles. The summed E-state index contributed by atoms with van der Waals surface area (Å²) >= 11 is 0. The molecule has 2 aromatic carbocycles. The van der Waals surface area contributed by atoms with Gasteiger partial charge >= 0.3 is 0 Å². The third-order valence-electron chi connectivity index (χ3n) is 4.50. The van der Waals surface area contributed by atoms with E-state index in [1.54, 1.807) is 0 Å². The highest BCUT2D eigenvalue weighted by Gasteiger charge is 2.13. The first-order valence-electron chi connectivity index (χ1n) is 9.78. The van der Waals surface area contributed by atoms with E-state index in [4.69, 9.17) is 14.5 Å². The maximum absolute atomic E-state index is 5.45. The van der Waals surface area contributed by atoms with Crippen LogP contribution in [-0.2, 0) is 19.5 Å².